The molecular weight excluding hydrogens is 160 g/mol. The van der Waals surface area contributed by atoms with E-state index >= 15 is 0 Å². The van der Waals surface area contributed by atoms with Gasteiger partial charge in [0.25, 0.3) is 0 Å². The Morgan fingerprint density at radius 3 is 2.31 bits per heavy atom. The quantitative estimate of drug-likeness (QED) is 0.719. The zero-order chi connectivity index (χ0) is 8.84. The van der Waals surface area contributed by atoms with Crippen LogP contribution in [-0.4, -0.2) is 11.5 Å². The Kier molecular flexibility index (Phi) is 1.47. The molecule has 0 spiro atoms. The van der Waals surface area contributed by atoms with Crippen LogP contribution in [0.3, 0.4) is 0 Å². The van der Waals surface area contributed by atoms with Crippen LogP contribution in [0.5, 0.6) is 0 Å². The minimum absolute atomic E-state index is 0.734. The molecule has 0 aromatic carbocycles. The molecule has 0 bridgehead atoms. The van der Waals surface area contributed by atoms with Gasteiger partial charge in [0.05, 0.1) is 0 Å². The van der Waals surface area contributed by atoms with Crippen LogP contribution in [0.4, 0.5) is 0 Å². The van der Waals surface area contributed by atoms with Gasteiger partial charge in [0, 0.05) is 17.8 Å². The Morgan fingerprint density at radius 1 is 1.00 bits per heavy atom. The van der Waals surface area contributed by atoms with E-state index in [0.717, 1.165) is 13.0 Å². The third kappa shape index (κ3) is 0.894. The molecule has 2 N–H and O–H groups in total. The van der Waals surface area contributed by atoms with E-state index < -0.39 is 0 Å². The Labute approximate surface area is 78.2 Å². The lowest BCUT2D eigenvalue weighted by Crippen LogP contribution is -2.26. The van der Waals surface area contributed by atoms with E-state index in [2.05, 4.69) is 4.98 Å². The van der Waals surface area contributed by atoms with E-state index in [9.17, 15) is 0 Å². The molecule has 2 nitrogen and oxygen atoms in total. The number of nitrogens with two attached hydrogens (primary N) is 1. The summed E-state index contributed by atoms with van der Waals surface area (Å²) in [5, 5.41) is 0. The Morgan fingerprint density at radius 2 is 1.77 bits per heavy atom. The van der Waals surface area contributed by atoms with Gasteiger partial charge in [0.1, 0.15) is 0 Å². The first-order valence-corrected chi connectivity index (χ1v) is 5.12. The van der Waals surface area contributed by atoms with Gasteiger partial charge in [-0.1, -0.05) is 0 Å². The van der Waals surface area contributed by atoms with Crippen LogP contribution < -0.4 is 5.73 Å². The first kappa shape index (κ1) is 7.51. The van der Waals surface area contributed by atoms with Gasteiger partial charge < -0.3 is 5.73 Å². The van der Waals surface area contributed by atoms with Crippen molar-refractivity contribution in [2.45, 2.75) is 32.1 Å². The fraction of sp³-hybridized carbons (Fsp3) is 0.545. The van der Waals surface area contributed by atoms with Crippen LogP contribution in [0.1, 0.15) is 28.1 Å². The van der Waals surface area contributed by atoms with Gasteiger partial charge in [-0.15, -0.1) is 0 Å². The second kappa shape index (κ2) is 2.55. The standard InChI is InChI=1S/C11H14N2/c12-6-5-11-8-2-1-7(8)9-3-4-10(9)13-11/h1-6,12H2. The first-order valence-electron chi connectivity index (χ1n) is 5.12. The molecule has 1 aromatic rings. The summed E-state index contributed by atoms with van der Waals surface area (Å²) in [6.45, 7) is 0.734. The summed E-state index contributed by atoms with van der Waals surface area (Å²) in [7, 11) is 0. The van der Waals surface area contributed by atoms with Gasteiger partial charge in [-0.2, -0.15) is 0 Å². The van der Waals surface area contributed by atoms with Gasteiger partial charge in [-0.25, -0.2) is 0 Å². The van der Waals surface area contributed by atoms with E-state index in [4.69, 9.17) is 5.73 Å². The molecule has 1 heterocycles. The topological polar surface area (TPSA) is 38.9 Å². The van der Waals surface area contributed by atoms with Crippen molar-refractivity contribution in [2.24, 2.45) is 5.73 Å². The van der Waals surface area contributed by atoms with Crippen molar-refractivity contribution in [1.82, 2.24) is 4.98 Å². The number of hydrogen-bond donors (Lipinski definition) is 1. The minimum Gasteiger partial charge on any atom is -0.330 e. The van der Waals surface area contributed by atoms with E-state index in [-0.39, 0.29) is 0 Å². The Bertz CT molecular complexity index is 369. The molecule has 0 saturated carbocycles. The third-order valence-corrected chi connectivity index (χ3v) is 3.31. The van der Waals surface area contributed by atoms with Gasteiger partial charge in [0.2, 0.25) is 0 Å². The van der Waals surface area contributed by atoms with Crippen LogP contribution >= 0.6 is 0 Å². The number of aromatic nitrogens is 1. The molecule has 13 heavy (non-hydrogen) atoms. The molecule has 0 fully saturated rings. The number of fused-ring (bicyclic) bond motifs is 3. The molecule has 0 amide bonds. The molecule has 2 aliphatic rings. The molecule has 2 heteroatoms. The maximum absolute atomic E-state index is 5.57. The van der Waals surface area contributed by atoms with Crippen LogP contribution in [-0.2, 0) is 32.1 Å². The largest absolute Gasteiger partial charge is 0.330 e. The summed E-state index contributed by atoms with van der Waals surface area (Å²) in [5.74, 6) is 0. The van der Waals surface area contributed by atoms with Crippen molar-refractivity contribution in [1.29, 1.82) is 0 Å². The summed E-state index contributed by atoms with van der Waals surface area (Å²) in [4.78, 5) is 4.68. The molecule has 0 aliphatic heterocycles. The highest BCUT2D eigenvalue weighted by molar-refractivity contribution is 5.50. The van der Waals surface area contributed by atoms with Crippen molar-refractivity contribution in [3.05, 3.63) is 28.1 Å². The number of pyridine rings is 1. The smallest absolute Gasteiger partial charge is 0.0454 e. The molecular formula is C11H14N2. The van der Waals surface area contributed by atoms with Crippen molar-refractivity contribution >= 4 is 0 Å². The summed E-state index contributed by atoms with van der Waals surface area (Å²) in [5.41, 5.74) is 13.0. The minimum atomic E-state index is 0.734. The van der Waals surface area contributed by atoms with E-state index in [0.29, 0.717) is 0 Å². The highest BCUT2D eigenvalue weighted by atomic mass is 14.8. The maximum atomic E-state index is 5.57. The van der Waals surface area contributed by atoms with E-state index in [1.165, 1.54) is 42.6 Å². The van der Waals surface area contributed by atoms with Crippen LogP contribution in [0.25, 0.3) is 0 Å². The normalized spacial score (nSPS) is 17.0. The number of hydrogen-bond acceptors (Lipinski definition) is 2. The maximum Gasteiger partial charge on any atom is 0.0454 e. The second-order valence-electron chi connectivity index (χ2n) is 3.98. The molecule has 0 saturated heterocycles. The molecule has 2 aliphatic carbocycles. The molecule has 3 rings (SSSR count). The first-order chi connectivity index (χ1) is 6.40. The van der Waals surface area contributed by atoms with E-state index in [1.54, 1.807) is 11.1 Å². The Balaban J connectivity index is 2.11. The van der Waals surface area contributed by atoms with Crippen molar-refractivity contribution in [3.63, 3.8) is 0 Å². The Hall–Kier alpha value is -0.890. The van der Waals surface area contributed by atoms with Gasteiger partial charge in [-0.05, 0) is 48.9 Å². The summed E-state index contributed by atoms with van der Waals surface area (Å²) in [6.07, 6.45) is 5.96. The summed E-state index contributed by atoms with van der Waals surface area (Å²) in [6, 6.07) is 0. The zero-order valence-corrected chi connectivity index (χ0v) is 7.77. The van der Waals surface area contributed by atoms with Gasteiger partial charge in [-0.3, -0.25) is 4.98 Å². The highest BCUT2D eigenvalue weighted by Gasteiger charge is 2.28. The zero-order valence-electron chi connectivity index (χ0n) is 7.77. The van der Waals surface area contributed by atoms with E-state index in [1.807, 2.05) is 0 Å². The van der Waals surface area contributed by atoms with Gasteiger partial charge in [0.15, 0.2) is 0 Å². The fourth-order valence-corrected chi connectivity index (χ4v) is 2.41. The van der Waals surface area contributed by atoms with Gasteiger partial charge >= 0.3 is 0 Å². The monoisotopic (exact) mass is 174 g/mol. The predicted molar refractivity (Wildman–Crippen MR) is 51.8 cm³/mol. The van der Waals surface area contributed by atoms with Crippen molar-refractivity contribution < 1.29 is 0 Å². The van der Waals surface area contributed by atoms with Crippen LogP contribution in [0.2, 0.25) is 0 Å². The fourth-order valence-electron chi connectivity index (χ4n) is 2.41. The third-order valence-electron chi connectivity index (χ3n) is 3.31. The molecule has 1 aromatic heterocycles. The number of rotatable bonds is 2. The molecule has 0 unspecified atom stereocenters. The predicted octanol–water partition coefficient (Wildman–Crippen LogP) is 0.780. The summed E-state index contributed by atoms with van der Waals surface area (Å²) >= 11 is 0. The summed E-state index contributed by atoms with van der Waals surface area (Å²) < 4.78 is 0. The lowest BCUT2D eigenvalue weighted by Gasteiger charge is -2.31. The molecule has 0 atom stereocenters. The molecule has 0 radical (unpaired) electrons. The average molecular weight is 174 g/mol. The SMILES string of the molecule is NCCc1nc2c(c3c1CC3)CC2. The second-order valence-corrected chi connectivity index (χ2v) is 3.98. The highest BCUT2D eigenvalue weighted by Crippen LogP contribution is 2.35. The van der Waals surface area contributed by atoms with Crippen LogP contribution in [0, 0.1) is 0 Å². The van der Waals surface area contributed by atoms with Crippen molar-refractivity contribution in [3.8, 4) is 0 Å². The lowest BCUT2D eigenvalue weighted by atomic mass is 9.76. The average Bonchev–Trinajstić information content (AvgIpc) is 2.04. The van der Waals surface area contributed by atoms with Crippen LogP contribution in [0.15, 0.2) is 0 Å². The molecule has 68 valence electrons. The number of nitrogens with zero attached hydrogens (tertiary/aromatic N) is 1. The van der Waals surface area contributed by atoms with Crippen molar-refractivity contribution in [2.75, 3.05) is 6.54 Å². The number of aryl methyl sites for hydroxylation is 1. The lowest BCUT2D eigenvalue weighted by molar-refractivity contribution is 0.679.